The molecule has 0 bridgehead atoms. The smallest absolute Gasteiger partial charge is 0.267 e. The minimum absolute atomic E-state index is 0.150. The first-order valence-electron chi connectivity index (χ1n) is 6.75. The fraction of sp³-hybridized carbons (Fsp3) is 0.133. The largest absolute Gasteiger partial charge is 0.378 e. The van der Waals surface area contributed by atoms with Crippen LogP contribution in [0.2, 0.25) is 0 Å². The van der Waals surface area contributed by atoms with Crippen LogP contribution in [0.1, 0.15) is 9.67 Å². The predicted octanol–water partition coefficient (Wildman–Crippen LogP) is 4.07. The van der Waals surface area contributed by atoms with Gasteiger partial charge in [-0.1, -0.05) is 29.2 Å². The van der Waals surface area contributed by atoms with E-state index in [1.807, 2.05) is 37.7 Å². The molecule has 0 unspecified atom stereocenters. The number of amides is 1. The monoisotopic (exact) mass is 362 g/mol. The molecule has 0 atom stereocenters. The number of aromatic nitrogens is 2. The van der Waals surface area contributed by atoms with E-state index in [-0.39, 0.29) is 5.91 Å². The average Bonchev–Trinajstić information content (AvgIpc) is 3.19. The van der Waals surface area contributed by atoms with E-state index in [0.29, 0.717) is 10.0 Å². The quantitative estimate of drug-likeness (QED) is 0.693. The van der Waals surface area contributed by atoms with Crippen molar-refractivity contribution in [2.24, 2.45) is 0 Å². The summed E-state index contributed by atoms with van der Waals surface area (Å²) >= 11 is 4.30. The highest BCUT2D eigenvalue weighted by atomic mass is 32.2. The van der Waals surface area contributed by atoms with E-state index >= 15 is 0 Å². The molecular weight excluding hydrogens is 348 g/mol. The van der Waals surface area contributed by atoms with Crippen molar-refractivity contribution in [2.45, 2.75) is 9.24 Å². The van der Waals surface area contributed by atoms with Crippen LogP contribution in [0.15, 0.2) is 51.0 Å². The van der Waals surface area contributed by atoms with Gasteiger partial charge in [-0.2, -0.15) is 0 Å². The summed E-state index contributed by atoms with van der Waals surface area (Å²) in [6, 6.07) is 11.8. The Balaban J connectivity index is 1.64. The Morgan fingerprint density at radius 1 is 1.17 bits per heavy atom. The molecule has 5 nitrogen and oxygen atoms in total. The number of hydrogen-bond donors (Lipinski definition) is 1. The fourth-order valence-corrected chi connectivity index (χ4v) is 4.12. The highest BCUT2D eigenvalue weighted by molar-refractivity contribution is 8.01. The van der Waals surface area contributed by atoms with Crippen molar-refractivity contribution in [1.29, 1.82) is 0 Å². The van der Waals surface area contributed by atoms with Crippen LogP contribution in [0.3, 0.4) is 0 Å². The molecule has 118 valence electrons. The summed E-state index contributed by atoms with van der Waals surface area (Å²) in [6.45, 7) is 0. The molecule has 0 aliphatic heterocycles. The number of nitrogens with one attached hydrogen (secondary N) is 1. The lowest BCUT2D eigenvalue weighted by Crippen LogP contribution is -2.09. The second-order valence-electron chi connectivity index (χ2n) is 4.79. The number of anilines is 2. The predicted molar refractivity (Wildman–Crippen MR) is 97.1 cm³/mol. The molecule has 1 N–H and O–H groups in total. The van der Waals surface area contributed by atoms with Crippen LogP contribution in [0.4, 0.5) is 10.8 Å². The molecule has 0 aliphatic rings. The van der Waals surface area contributed by atoms with Gasteiger partial charge >= 0.3 is 0 Å². The lowest BCUT2D eigenvalue weighted by molar-refractivity contribution is 0.103. The molecule has 0 radical (unpaired) electrons. The highest BCUT2D eigenvalue weighted by Gasteiger charge is 2.11. The van der Waals surface area contributed by atoms with Crippen molar-refractivity contribution in [3.05, 3.63) is 46.7 Å². The molecule has 2 aromatic heterocycles. The van der Waals surface area contributed by atoms with E-state index < -0.39 is 0 Å². The molecule has 1 amide bonds. The number of benzene rings is 1. The van der Waals surface area contributed by atoms with Gasteiger partial charge in [-0.25, -0.2) is 0 Å². The Hall–Kier alpha value is -1.90. The van der Waals surface area contributed by atoms with Gasteiger partial charge in [0.2, 0.25) is 5.13 Å². The molecule has 1 aromatic carbocycles. The third-order valence-corrected chi connectivity index (χ3v) is 5.70. The number of rotatable bonds is 5. The molecule has 0 saturated heterocycles. The van der Waals surface area contributed by atoms with E-state index in [0.717, 1.165) is 14.9 Å². The summed E-state index contributed by atoms with van der Waals surface area (Å²) in [6.07, 6.45) is 0. The molecule has 0 spiro atoms. The second kappa shape index (κ2) is 7.12. The van der Waals surface area contributed by atoms with Crippen LogP contribution in [-0.2, 0) is 0 Å². The first kappa shape index (κ1) is 16.0. The number of nitrogens with zero attached hydrogens (tertiary/aromatic N) is 3. The highest BCUT2D eigenvalue weighted by Crippen LogP contribution is 2.32. The summed E-state index contributed by atoms with van der Waals surface area (Å²) in [5.74, 6) is -0.150. The van der Waals surface area contributed by atoms with Crippen LogP contribution in [0.5, 0.6) is 0 Å². The normalized spacial score (nSPS) is 10.5. The molecule has 23 heavy (non-hydrogen) atoms. The molecule has 8 heteroatoms. The lowest BCUT2D eigenvalue weighted by Gasteiger charge is -2.11. The standard InChI is InChI=1S/C15H14N4OS3/c1-19(2)10-5-7-11(8-6-10)22-15-18-17-14(23-15)16-13(20)12-4-3-9-21-12/h3-9H,1-2H3,(H,16,17,20). The van der Waals surface area contributed by atoms with E-state index in [1.54, 1.807) is 6.07 Å². The Labute approximate surface area is 146 Å². The van der Waals surface area contributed by atoms with Gasteiger partial charge in [-0.15, -0.1) is 21.5 Å². The van der Waals surface area contributed by atoms with Crippen LogP contribution < -0.4 is 10.2 Å². The minimum Gasteiger partial charge on any atom is -0.378 e. The molecule has 3 rings (SSSR count). The molecular formula is C15H14N4OS3. The molecule has 0 aliphatic carbocycles. The Morgan fingerprint density at radius 2 is 1.96 bits per heavy atom. The first-order chi connectivity index (χ1) is 11.1. The summed E-state index contributed by atoms with van der Waals surface area (Å²) in [7, 11) is 4.02. The Morgan fingerprint density at radius 3 is 2.61 bits per heavy atom. The van der Waals surface area contributed by atoms with Crippen molar-refractivity contribution >= 4 is 51.2 Å². The maximum Gasteiger partial charge on any atom is 0.267 e. The number of carbonyl (C=O) groups is 1. The van der Waals surface area contributed by atoms with Gasteiger partial charge in [0.1, 0.15) is 0 Å². The average molecular weight is 363 g/mol. The van der Waals surface area contributed by atoms with Crippen molar-refractivity contribution in [1.82, 2.24) is 10.2 Å². The second-order valence-corrected chi connectivity index (χ2v) is 8.04. The van der Waals surface area contributed by atoms with Crippen LogP contribution in [0, 0.1) is 0 Å². The van der Waals surface area contributed by atoms with Crippen molar-refractivity contribution in [2.75, 3.05) is 24.3 Å². The number of hydrogen-bond acceptors (Lipinski definition) is 7. The third kappa shape index (κ3) is 4.10. The van der Waals surface area contributed by atoms with Gasteiger partial charge in [0, 0.05) is 24.7 Å². The Bertz CT molecular complexity index is 781. The Kier molecular flexibility index (Phi) is 4.94. The fourth-order valence-electron chi connectivity index (χ4n) is 1.78. The summed E-state index contributed by atoms with van der Waals surface area (Å²) in [5, 5.41) is 13.3. The van der Waals surface area contributed by atoms with E-state index in [4.69, 9.17) is 0 Å². The third-order valence-electron chi connectivity index (χ3n) is 2.93. The van der Waals surface area contributed by atoms with Crippen molar-refractivity contribution < 1.29 is 4.79 Å². The van der Waals surface area contributed by atoms with Gasteiger partial charge in [0.25, 0.3) is 5.91 Å². The number of carbonyl (C=O) groups excluding carboxylic acids is 1. The van der Waals surface area contributed by atoms with Crippen LogP contribution in [0.25, 0.3) is 0 Å². The summed E-state index contributed by atoms with van der Waals surface area (Å²) in [4.78, 5) is 15.8. The van der Waals surface area contributed by atoms with Crippen LogP contribution >= 0.6 is 34.4 Å². The maximum atomic E-state index is 12.0. The molecule has 3 aromatic rings. The number of thiophene rings is 1. The zero-order chi connectivity index (χ0) is 16.2. The molecule has 2 heterocycles. The van der Waals surface area contributed by atoms with E-state index in [9.17, 15) is 4.79 Å². The van der Waals surface area contributed by atoms with E-state index in [1.165, 1.54) is 34.4 Å². The summed E-state index contributed by atoms with van der Waals surface area (Å²) < 4.78 is 0.795. The summed E-state index contributed by atoms with van der Waals surface area (Å²) in [5.41, 5.74) is 1.15. The zero-order valence-corrected chi connectivity index (χ0v) is 15.0. The van der Waals surface area contributed by atoms with Gasteiger partial charge in [-0.05, 0) is 35.7 Å². The van der Waals surface area contributed by atoms with Gasteiger partial charge in [0.15, 0.2) is 4.34 Å². The van der Waals surface area contributed by atoms with Crippen molar-refractivity contribution in [3.63, 3.8) is 0 Å². The van der Waals surface area contributed by atoms with E-state index in [2.05, 4.69) is 32.5 Å². The SMILES string of the molecule is CN(C)c1ccc(Sc2nnc(NC(=O)c3cccs3)s2)cc1. The van der Waals surface area contributed by atoms with Crippen LogP contribution in [-0.4, -0.2) is 30.2 Å². The maximum absolute atomic E-state index is 12.0. The molecule has 0 saturated carbocycles. The minimum atomic E-state index is -0.150. The van der Waals surface area contributed by atoms with Gasteiger partial charge in [-0.3, -0.25) is 10.1 Å². The topological polar surface area (TPSA) is 58.1 Å². The van der Waals surface area contributed by atoms with Gasteiger partial charge in [0.05, 0.1) is 4.88 Å². The first-order valence-corrected chi connectivity index (χ1v) is 9.27. The lowest BCUT2D eigenvalue weighted by atomic mass is 10.3. The van der Waals surface area contributed by atoms with Gasteiger partial charge < -0.3 is 4.90 Å². The zero-order valence-electron chi connectivity index (χ0n) is 12.5. The molecule has 0 fully saturated rings. The van der Waals surface area contributed by atoms with Crippen molar-refractivity contribution in [3.8, 4) is 0 Å².